The van der Waals surface area contributed by atoms with E-state index in [0.29, 0.717) is 11.3 Å². The summed E-state index contributed by atoms with van der Waals surface area (Å²) >= 11 is 0. The Kier molecular flexibility index (Phi) is 2.71. The van der Waals surface area contributed by atoms with Gasteiger partial charge in [0.15, 0.2) is 11.5 Å². The van der Waals surface area contributed by atoms with Crippen LogP contribution in [0.15, 0.2) is 24.3 Å². The molecule has 0 saturated carbocycles. The van der Waals surface area contributed by atoms with Crippen molar-refractivity contribution in [3.05, 3.63) is 41.2 Å². The molecule has 0 atom stereocenters. The molecular formula is C12H13NO. The number of carbonyl (C=O) groups is 1. The van der Waals surface area contributed by atoms with Crippen molar-refractivity contribution in [2.45, 2.75) is 20.8 Å². The van der Waals surface area contributed by atoms with Gasteiger partial charge >= 0.3 is 0 Å². The van der Waals surface area contributed by atoms with Gasteiger partial charge in [0.1, 0.15) is 0 Å². The Morgan fingerprint density at radius 1 is 1.36 bits per heavy atom. The summed E-state index contributed by atoms with van der Waals surface area (Å²) in [6.45, 7) is 12.5. The van der Waals surface area contributed by atoms with Gasteiger partial charge in [0.2, 0.25) is 0 Å². The first kappa shape index (κ1) is 10.5. The van der Waals surface area contributed by atoms with Gasteiger partial charge in [-0.05, 0) is 6.07 Å². The third-order valence-corrected chi connectivity index (χ3v) is 1.92. The van der Waals surface area contributed by atoms with E-state index in [2.05, 4.69) is 4.85 Å². The van der Waals surface area contributed by atoms with Crippen LogP contribution in [0.4, 0.5) is 5.69 Å². The van der Waals surface area contributed by atoms with Crippen LogP contribution in [0.25, 0.3) is 4.85 Å². The van der Waals surface area contributed by atoms with Crippen LogP contribution in [-0.2, 0) is 0 Å². The van der Waals surface area contributed by atoms with Crippen molar-refractivity contribution in [3.8, 4) is 0 Å². The number of Topliss-reactive ketones (excluding diaryl/α,β-unsaturated/α-hetero) is 1. The first-order chi connectivity index (χ1) is 6.45. The van der Waals surface area contributed by atoms with Crippen LogP contribution < -0.4 is 0 Å². The molecule has 1 rings (SSSR count). The SMILES string of the molecule is [C-]#[N+]c1cccc(C(=O)C(C)(C)C)c1. The van der Waals surface area contributed by atoms with Crippen molar-refractivity contribution < 1.29 is 4.79 Å². The topological polar surface area (TPSA) is 21.4 Å². The Bertz CT molecular complexity index is 394. The smallest absolute Gasteiger partial charge is 0.187 e. The predicted molar refractivity (Wildman–Crippen MR) is 56.5 cm³/mol. The van der Waals surface area contributed by atoms with Gasteiger partial charge in [-0.15, -0.1) is 0 Å². The molecule has 0 heterocycles. The zero-order chi connectivity index (χ0) is 10.8. The molecule has 0 aliphatic rings. The monoisotopic (exact) mass is 187 g/mol. The summed E-state index contributed by atoms with van der Waals surface area (Å²) in [4.78, 5) is 15.1. The number of ketones is 1. The Balaban J connectivity index is 3.10. The fourth-order valence-corrected chi connectivity index (χ4v) is 1.15. The van der Waals surface area contributed by atoms with Crippen molar-refractivity contribution in [1.82, 2.24) is 0 Å². The highest BCUT2D eigenvalue weighted by Gasteiger charge is 2.22. The predicted octanol–water partition coefficient (Wildman–Crippen LogP) is 3.47. The molecule has 0 aromatic heterocycles. The molecule has 0 fully saturated rings. The third-order valence-electron chi connectivity index (χ3n) is 1.92. The summed E-state index contributed by atoms with van der Waals surface area (Å²) in [5.74, 6) is 0.0722. The second-order valence-electron chi connectivity index (χ2n) is 4.24. The van der Waals surface area contributed by atoms with E-state index in [4.69, 9.17) is 6.57 Å². The first-order valence-corrected chi connectivity index (χ1v) is 4.47. The van der Waals surface area contributed by atoms with Gasteiger partial charge in [-0.25, -0.2) is 4.85 Å². The Morgan fingerprint density at radius 2 is 2.00 bits per heavy atom. The van der Waals surface area contributed by atoms with Crippen LogP contribution >= 0.6 is 0 Å². The molecule has 14 heavy (non-hydrogen) atoms. The van der Waals surface area contributed by atoms with Crippen LogP contribution in [0.1, 0.15) is 31.1 Å². The quantitative estimate of drug-likeness (QED) is 0.487. The molecule has 0 aliphatic heterocycles. The van der Waals surface area contributed by atoms with Gasteiger partial charge in [-0.2, -0.15) is 0 Å². The van der Waals surface area contributed by atoms with Crippen molar-refractivity contribution in [1.29, 1.82) is 0 Å². The van der Waals surface area contributed by atoms with E-state index in [-0.39, 0.29) is 11.2 Å². The van der Waals surface area contributed by atoms with E-state index in [1.165, 1.54) is 0 Å². The maximum absolute atomic E-state index is 11.8. The molecule has 0 amide bonds. The van der Waals surface area contributed by atoms with E-state index in [1.807, 2.05) is 20.8 Å². The minimum atomic E-state index is -0.388. The van der Waals surface area contributed by atoms with Gasteiger partial charge in [0.25, 0.3) is 0 Å². The summed E-state index contributed by atoms with van der Waals surface area (Å²) < 4.78 is 0. The Labute approximate surface area is 84.4 Å². The maximum atomic E-state index is 11.8. The lowest BCUT2D eigenvalue weighted by atomic mass is 9.86. The van der Waals surface area contributed by atoms with Gasteiger partial charge < -0.3 is 0 Å². The molecule has 0 bridgehead atoms. The number of hydrogen-bond acceptors (Lipinski definition) is 1. The van der Waals surface area contributed by atoms with Gasteiger partial charge in [-0.1, -0.05) is 39.0 Å². The van der Waals surface area contributed by atoms with Crippen molar-refractivity contribution in [2.75, 3.05) is 0 Å². The molecule has 0 N–H and O–H groups in total. The first-order valence-electron chi connectivity index (χ1n) is 4.47. The summed E-state index contributed by atoms with van der Waals surface area (Å²) in [5, 5.41) is 0. The lowest BCUT2D eigenvalue weighted by molar-refractivity contribution is 0.0858. The van der Waals surface area contributed by atoms with Gasteiger partial charge in [0, 0.05) is 11.0 Å². The maximum Gasteiger partial charge on any atom is 0.187 e. The standard InChI is InChI=1S/C12H13NO/c1-12(2,3)11(14)9-6-5-7-10(8-9)13-4/h5-8H,1-3H3. The van der Waals surface area contributed by atoms with Crippen LogP contribution in [0, 0.1) is 12.0 Å². The molecule has 0 spiro atoms. The van der Waals surface area contributed by atoms with E-state index >= 15 is 0 Å². The van der Waals surface area contributed by atoms with Crippen molar-refractivity contribution in [2.24, 2.45) is 5.41 Å². The van der Waals surface area contributed by atoms with Crippen LogP contribution in [-0.4, -0.2) is 5.78 Å². The zero-order valence-corrected chi connectivity index (χ0v) is 8.66. The van der Waals surface area contributed by atoms with Crippen LogP contribution in [0.3, 0.4) is 0 Å². The van der Waals surface area contributed by atoms with Gasteiger partial charge in [0.05, 0.1) is 6.57 Å². The summed E-state index contributed by atoms with van der Waals surface area (Å²) in [7, 11) is 0. The minimum Gasteiger partial charge on any atom is -0.294 e. The second kappa shape index (κ2) is 3.63. The molecule has 2 heteroatoms. The number of hydrogen-bond donors (Lipinski definition) is 0. The van der Waals surface area contributed by atoms with Crippen LogP contribution in [0.2, 0.25) is 0 Å². The van der Waals surface area contributed by atoms with E-state index in [0.717, 1.165) is 0 Å². The molecule has 2 nitrogen and oxygen atoms in total. The van der Waals surface area contributed by atoms with Crippen LogP contribution in [0.5, 0.6) is 0 Å². The third kappa shape index (κ3) is 2.20. The van der Waals surface area contributed by atoms with Crippen molar-refractivity contribution in [3.63, 3.8) is 0 Å². The number of carbonyl (C=O) groups excluding carboxylic acids is 1. The van der Waals surface area contributed by atoms with E-state index in [9.17, 15) is 4.79 Å². The number of nitrogens with zero attached hydrogens (tertiary/aromatic N) is 1. The fourth-order valence-electron chi connectivity index (χ4n) is 1.15. The second-order valence-corrected chi connectivity index (χ2v) is 4.24. The molecule has 0 radical (unpaired) electrons. The molecule has 1 aromatic rings. The van der Waals surface area contributed by atoms with E-state index < -0.39 is 0 Å². The molecule has 0 unspecified atom stereocenters. The van der Waals surface area contributed by atoms with E-state index in [1.54, 1.807) is 24.3 Å². The number of rotatable bonds is 1. The molecule has 0 aliphatic carbocycles. The van der Waals surface area contributed by atoms with Gasteiger partial charge in [-0.3, -0.25) is 4.79 Å². The lowest BCUT2D eigenvalue weighted by Crippen LogP contribution is -2.19. The average molecular weight is 187 g/mol. The summed E-state index contributed by atoms with van der Waals surface area (Å²) in [6, 6.07) is 6.83. The normalized spacial score (nSPS) is 10.7. The highest BCUT2D eigenvalue weighted by molar-refractivity contribution is 6.00. The minimum absolute atomic E-state index is 0.0722. The van der Waals surface area contributed by atoms with Crippen molar-refractivity contribution >= 4 is 11.5 Å². The highest BCUT2D eigenvalue weighted by atomic mass is 16.1. The Hall–Kier alpha value is -1.62. The average Bonchev–Trinajstić information content (AvgIpc) is 2.15. The molecular weight excluding hydrogens is 174 g/mol. The number of benzene rings is 1. The molecule has 72 valence electrons. The Morgan fingerprint density at radius 3 is 2.50 bits per heavy atom. The lowest BCUT2D eigenvalue weighted by Gasteiger charge is -2.16. The fraction of sp³-hybridized carbons (Fsp3) is 0.333. The molecule has 0 saturated heterocycles. The zero-order valence-electron chi connectivity index (χ0n) is 8.66. The summed E-state index contributed by atoms with van der Waals surface area (Å²) in [6.07, 6.45) is 0. The summed E-state index contributed by atoms with van der Waals surface area (Å²) in [5.41, 5.74) is 0.742. The largest absolute Gasteiger partial charge is 0.294 e. The molecule has 1 aromatic carbocycles. The highest BCUT2D eigenvalue weighted by Crippen LogP contribution is 2.23.